The second-order valence-corrected chi connectivity index (χ2v) is 6.98. The fraction of sp³-hybridized carbons (Fsp3) is 0.227. The van der Waals surface area contributed by atoms with Gasteiger partial charge < -0.3 is 0 Å². The molecule has 156 valence electrons. The highest BCUT2D eigenvalue weighted by Gasteiger charge is 2.39. The topological polar surface area (TPSA) is 56.0 Å². The predicted molar refractivity (Wildman–Crippen MR) is 106 cm³/mol. The molecule has 3 rings (SSSR count). The Hall–Kier alpha value is -3.29. The third kappa shape index (κ3) is 3.90. The maximum atomic E-state index is 14.7. The lowest BCUT2D eigenvalue weighted by Gasteiger charge is -2.18. The highest BCUT2D eigenvalue weighted by molar-refractivity contribution is 5.92. The summed E-state index contributed by atoms with van der Waals surface area (Å²) in [5.74, 6) is -0.990. The first kappa shape index (κ1) is 21.4. The first-order chi connectivity index (χ1) is 14.0. The van der Waals surface area contributed by atoms with Crippen LogP contribution in [0.3, 0.4) is 0 Å². The van der Waals surface area contributed by atoms with Crippen molar-refractivity contribution in [3.05, 3.63) is 80.9 Å². The van der Waals surface area contributed by atoms with Gasteiger partial charge in [0.15, 0.2) is 0 Å². The number of aryl methyl sites for hydroxylation is 2. The van der Waals surface area contributed by atoms with E-state index in [1.807, 2.05) is 6.92 Å². The molecule has 0 saturated carbocycles. The summed E-state index contributed by atoms with van der Waals surface area (Å²) in [5, 5.41) is 11.9. The highest BCUT2D eigenvalue weighted by atomic mass is 19.4. The number of nitro groups is 1. The van der Waals surface area contributed by atoms with E-state index in [0.29, 0.717) is 17.5 Å². The monoisotopic (exact) mass is 418 g/mol. The summed E-state index contributed by atoms with van der Waals surface area (Å²) in [7, 11) is 0. The van der Waals surface area contributed by atoms with Crippen molar-refractivity contribution in [2.45, 2.75) is 33.4 Å². The molecule has 0 unspecified atom stereocenters. The van der Waals surface area contributed by atoms with Crippen LogP contribution < -0.4 is 0 Å². The molecule has 0 N–H and O–H groups in total. The van der Waals surface area contributed by atoms with E-state index in [4.69, 9.17) is 0 Å². The van der Waals surface area contributed by atoms with E-state index in [9.17, 15) is 27.7 Å². The van der Waals surface area contributed by atoms with E-state index < -0.39 is 33.9 Å². The van der Waals surface area contributed by atoms with Gasteiger partial charge in [0.1, 0.15) is 0 Å². The van der Waals surface area contributed by atoms with Gasteiger partial charge in [-0.1, -0.05) is 31.2 Å². The van der Waals surface area contributed by atoms with E-state index in [-0.39, 0.29) is 16.7 Å². The normalized spacial score (nSPS) is 11.6. The first-order valence-electron chi connectivity index (χ1n) is 9.15. The van der Waals surface area contributed by atoms with Crippen LogP contribution in [0.5, 0.6) is 0 Å². The van der Waals surface area contributed by atoms with Crippen molar-refractivity contribution in [3.63, 3.8) is 0 Å². The van der Waals surface area contributed by atoms with Crippen LogP contribution in [0.4, 0.5) is 23.2 Å². The van der Waals surface area contributed by atoms with E-state index in [1.165, 1.54) is 12.3 Å². The minimum absolute atomic E-state index is 0.0683. The largest absolute Gasteiger partial charge is 0.416 e. The van der Waals surface area contributed by atoms with Gasteiger partial charge in [0.25, 0.3) is 5.69 Å². The SMILES string of the molecule is CCc1cccc(-c2cc(C(F)(F)F)c(C)c([N+](=O)[O-])c2-c2cc(C)cnc2F)c1. The van der Waals surface area contributed by atoms with E-state index in [0.717, 1.165) is 18.6 Å². The van der Waals surface area contributed by atoms with Gasteiger partial charge in [-0.05, 0) is 54.7 Å². The summed E-state index contributed by atoms with van der Waals surface area (Å²) in [4.78, 5) is 14.6. The summed E-state index contributed by atoms with van der Waals surface area (Å²) in [6.07, 6.45) is -2.95. The van der Waals surface area contributed by atoms with Crippen LogP contribution in [0.1, 0.15) is 29.2 Å². The number of benzene rings is 2. The Labute approximate surface area is 170 Å². The molecule has 0 aliphatic carbocycles. The Balaban J connectivity index is 2.54. The van der Waals surface area contributed by atoms with Crippen molar-refractivity contribution in [2.75, 3.05) is 0 Å². The molecule has 0 aliphatic rings. The van der Waals surface area contributed by atoms with Crippen LogP contribution >= 0.6 is 0 Å². The Morgan fingerprint density at radius 1 is 1.10 bits per heavy atom. The summed E-state index contributed by atoms with van der Waals surface area (Å²) < 4.78 is 55.8. The lowest BCUT2D eigenvalue weighted by molar-refractivity contribution is -0.384. The Bertz CT molecular complexity index is 1140. The molecule has 3 aromatic rings. The summed E-state index contributed by atoms with van der Waals surface area (Å²) in [6.45, 7) is 4.52. The maximum absolute atomic E-state index is 14.7. The molecular weight excluding hydrogens is 400 g/mol. The second kappa shape index (κ2) is 7.85. The van der Waals surface area contributed by atoms with Crippen molar-refractivity contribution < 1.29 is 22.5 Å². The van der Waals surface area contributed by atoms with Crippen molar-refractivity contribution in [1.82, 2.24) is 4.98 Å². The molecule has 0 atom stereocenters. The average molecular weight is 418 g/mol. The van der Waals surface area contributed by atoms with Crippen LogP contribution in [0.2, 0.25) is 0 Å². The Kier molecular flexibility index (Phi) is 5.61. The Morgan fingerprint density at radius 2 is 1.80 bits per heavy atom. The minimum atomic E-state index is -4.81. The molecule has 4 nitrogen and oxygen atoms in total. The molecule has 0 aliphatic heterocycles. The number of halogens is 4. The number of nitro benzene ring substituents is 1. The molecule has 1 aromatic heterocycles. The zero-order chi connectivity index (χ0) is 22.2. The average Bonchev–Trinajstić information content (AvgIpc) is 2.68. The lowest BCUT2D eigenvalue weighted by Crippen LogP contribution is -2.11. The second-order valence-electron chi connectivity index (χ2n) is 6.98. The van der Waals surface area contributed by atoms with E-state index in [2.05, 4.69) is 4.98 Å². The van der Waals surface area contributed by atoms with Crippen molar-refractivity contribution in [3.8, 4) is 22.3 Å². The number of pyridine rings is 1. The van der Waals surface area contributed by atoms with Gasteiger partial charge in [-0.2, -0.15) is 17.6 Å². The number of hydrogen-bond acceptors (Lipinski definition) is 3. The molecule has 0 saturated heterocycles. The molecule has 8 heteroatoms. The van der Waals surface area contributed by atoms with Crippen LogP contribution in [-0.2, 0) is 12.6 Å². The third-order valence-electron chi connectivity index (χ3n) is 4.93. The number of hydrogen-bond donors (Lipinski definition) is 0. The molecular formula is C22H18F4N2O2. The van der Waals surface area contributed by atoms with Gasteiger partial charge in [0.05, 0.1) is 16.1 Å². The smallest absolute Gasteiger partial charge is 0.258 e. The van der Waals surface area contributed by atoms with Crippen molar-refractivity contribution in [2.24, 2.45) is 0 Å². The molecule has 0 fully saturated rings. The van der Waals surface area contributed by atoms with Crippen molar-refractivity contribution in [1.29, 1.82) is 0 Å². The number of aromatic nitrogens is 1. The Morgan fingerprint density at radius 3 is 2.40 bits per heavy atom. The maximum Gasteiger partial charge on any atom is 0.416 e. The predicted octanol–water partition coefficient (Wildman–Crippen LogP) is 6.66. The molecule has 30 heavy (non-hydrogen) atoms. The van der Waals surface area contributed by atoms with Crippen LogP contribution in [-0.4, -0.2) is 9.91 Å². The van der Waals surface area contributed by atoms with Crippen LogP contribution in [0.25, 0.3) is 22.3 Å². The highest BCUT2D eigenvalue weighted by Crippen LogP contribution is 2.47. The number of rotatable bonds is 4. The van der Waals surface area contributed by atoms with Gasteiger partial charge in [-0.25, -0.2) is 4.98 Å². The van der Waals surface area contributed by atoms with Crippen LogP contribution in [0.15, 0.2) is 42.6 Å². The van der Waals surface area contributed by atoms with Gasteiger partial charge in [0, 0.05) is 17.3 Å². The van der Waals surface area contributed by atoms with E-state index >= 15 is 0 Å². The minimum Gasteiger partial charge on any atom is -0.258 e. The molecule has 2 aromatic carbocycles. The fourth-order valence-electron chi connectivity index (χ4n) is 3.48. The van der Waals surface area contributed by atoms with E-state index in [1.54, 1.807) is 31.2 Å². The zero-order valence-electron chi connectivity index (χ0n) is 16.5. The first-order valence-corrected chi connectivity index (χ1v) is 9.15. The lowest BCUT2D eigenvalue weighted by atomic mass is 9.87. The molecule has 0 radical (unpaired) electrons. The fourth-order valence-corrected chi connectivity index (χ4v) is 3.48. The van der Waals surface area contributed by atoms with Crippen LogP contribution in [0, 0.1) is 29.9 Å². The summed E-state index contributed by atoms with van der Waals surface area (Å²) >= 11 is 0. The van der Waals surface area contributed by atoms with Gasteiger partial charge in [-0.3, -0.25) is 10.1 Å². The van der Waals surface area contributed by atoms with Gasteiger partial charge >= 0.3 is 6.18 Å². The van der Waals surface area contributed by atoms with Gasteiger partial charge in [0.2, 0.25) is 5.95 Å². The summed E-state index contributed by atoms with van der Waals surface area (Å²) in [6, 6.07) is 8.86. The van der Waals surface area contributed by atoms with Gasteiger partial charge in [-0.15, -0.1) is 0 Å². The summed E-state index contributed by atoms with van der Waals surface area (Å²) in [5.41, 5.74) is -1.30. The number of nitrogens with zero attached hydrogens (tertiary/aromatic N) is 2. The molecule has 0 spiro atoms. The zero-order valence-corrected chi connectivity index (χ0v) is 16.5. The quantitative estimate of drug-likeness (QED) is 0.206. The number of alkyl halides is 3. The van der Waals surface area contributed by atoms with Crippen molar-refractivity contribution >= 4 is 5.69 Å². The third-order valence-corrected chi connectivity index (χ3v) is 4.93. The molecule has 0 amide bonds. The standard InChI is InChI=1S/C22H18F4N2O2/c1-4-14-6-5-7-15(9-14)16-10-18(22(24,25)26)13(3)20(28(29)30)19(16)17-8-12(2)11-27-21(17)23/h5-11H,4H2,1-3H3. The molecule has 1 heterocycles. The molecule has 0 bridgehead atoms.